The number of hydrogen-bond acceptors (Lipinski definition) is 2. The van der Waals surface area contributed by atoms with Crippen LogP contribution in [0.1, 0.15) is 37.6 Å². The van der Waals surface area contributed by atoms with Crippen LogP contribution >= 0.6 is 11.3 Å². The zero-order valence-corrected chi connectivity index (χ0v) is 10.3. The molecule has 1 aromatic rings. The highest BCUT2D eigenvalue weighted by atomic mass is 32.1. The Kier molecular flexibility index (Phi) is 3.73. The fourth-order valence-corrected chi connectivity index (χ4v) is 2.11. The summed E-state index contributed by atoms with van der Waals surface area (Å²) in [6, 6.07) is 2.21. The smallest absolute Gasteiger partial charge is 0.0591 e. The van der Waals surface area contributed by atoms with Crippen LogP contribution in [-0.2, 0) is 6.42 Å². The molecule has 1 atom stereocenters. The molecule has 0 spiro atoms. The van der Waals surface area contributed by atoms with Gasteiger partial charge in [0.2, 0.25) is 0 Å². The van der Waals surface area contributed by atoms with Crippen molar-refractivity contribution >= 4 is 11.3 Å². The Morgan fingerprint density at radius 2 is 2.07 bits per heavy atom. The third-order valence-electron chi connectivity index (χ3n) is 2.49. The van der Waals surface area contributed by atoms with Crippen molar-refractivity contribution in [3.8, 4) is 0 Å². The predicted octanol–water partition coefficient (Wildman–Crippen LogP) is 3.40. The van der Waals surface area contributed by atoms with Crippen molar-refractivity contribution in [2.75, 3.05) is 0 Å². The lowest BCUT2D eigenvalue weighted by molar-refractivity contribution is 0.0560. The Hall–Kier alpha value is -0.340. The highest BCUT2D eigenvalue weighted by Crippen LogP contribution is 2.24. The normalized spacial score (nSPS) is 14.4. The molecule has 1 N–H and O–H groups in total. The zero-order chi connectivity index (χ0) is 10.8. The van der Waals surface area contributed by atoms with E-state index < -0.39 is 0 Å². The summed E-state index contributed by atoms with van der Waals surface area (Å²) < 4.78 is 0. The Labute approximate surface area is 90.8 Å². The second-order valence-corrected chi connectivity index (χ2v) is 6.10. The van der Waals surface area contributed by atoms with E-state index in [2.05, 4.69) is 39.1 Å². The molecule has 1 aromatic heterocycles. The summed E-state index contributed by atoms with van der Waals surface area (Å²) in [4.78, 5) is 1.35. The summed E-state index contributed by atoms with van der Waals surface area (Å²) in [5.74, 6) is 0. The van der Waals surface area contributed by atoms with Gasteiger partial charge in [0.15, 0.2) is 0 Å². The maximum absolute atomic E-state index is 9.86. The lowest BCUT2D eigenvalue weighted by atomic mass is 9.86. The average Bonchev–Trinajstić information content (AvgIpc) is 2.45. The maximum atomic E-state index is 9.86. The summed E-state index contributed by atoms with van der Waals surface area (Å²) in [6.45, 7) is 8.36. The highest BCUT2D eigenvalue weighted by molar-refractivity contribution is 7.10. The van der Waals surface area contributed by atoms with E-state index >= 15 is 0 Å². The number of aliphatic hydroxyl groups excluding tert-OH is 1. The quantitative estimate of drug-likeness (QED) is 0.814. The third kappa shape index (κ3) is 3.43. The first-order chi connectivity index (χ1) is 6.39. The molecule has 0 saturated heterocycles. The van der Waals surface area contributed by atoms with Crippen LogP contribution in [0.2, 0.25) is 0 Å². The summed E-state index contributed by atoms with van der Waals surface area (Å²) in [6.07, 6.45) is 1.64. The summed E-state index contributed by atoms with van der Waals surface area (Å²) in [5, 5.41) is 12.0. The lowest BCUT2D eigenvalue weighted by Gasteiger charge is -2.25. The van der Waals surface area contributed by atoms with Crippen LogP contribution in [-0.4, -0.2) is 11.2 Å². The molecule has 0 fully saturated rings. The van der Waals surface area contributed by atoms with Crippen LogP contribution in [0.15, 0.2) is 11.4 Å². The number of thiophene rings is 1. The van der Waals surface area contributed by atoms with Gasteiger partial charge < -0.3 is 5.11 Å². The Bertz CT molecular complexity index is 283. The predicted molar refractivity (Wildman–Crippen MR) is 62.8 cm³/mol. The van der Waals surface area contributed by atoms with Crippen LogP contribution in [0.5, 0.6) is 0 Å². The Balaban J connectivity index is 2.41. The molecule has 0 aliphatic rings. The van der Waals surface area contributed by atoms with Crippen molar-refractivity contribution in [2.24, 2.45) is 5.41 Å². The summed E-state index contributed by atoms with van der Waals surface area (Å²) in [7, 11) is 0. The standard InChI is InChI=1S/C12H20OS/c1-9-7-10(8-14-9)5-6-11(13)12(2,3)4/h7-8,11,13H,5-6H2,1-4H3. The lowest BCUT2D eigenvalue weighted by Crippen LogP contribution is -2.26. The SMILES string of the molecule is Cc1cc(CCC(O)C(C)(C)C)cs1. The first-order valence-corrected chi connectivity index (χ1v) is 5.99. The van der Waals surface area contributed by atoms with Crippen molar-refractivity contribution in [1.82, 2.24) is 0 Å². The fourth-order valence-electron chi connectivity index (χ4n) is 1.37. The number of aryl methyl sites for hydroxylation is 2. The second-order valence-electron chi connectivity index (χ2n) is 4.99. The Morgan fingerprint density at radius 1 is 1.43 bits per heavy atom. The van der Waals surface area contributed by atoms with E-state index in [1.54, 1.807) is 11.3 Å². The van der Waals surface area contributed by atoms with E-state index in [9.17, 15) is 5.11 Å². The molecule has 0 bridgehead atoms. The van der Waals surface area contributed by atoms with E-state index in [1.807, 2.05) is 0 Å². The van der Waals surface area contributed by atoms with Gasteiger partial charge in [-0.3, -0.25) is 0 Å². The molecule has 1 rings (SSSR count). The molecule has 0 aliphatic carbocycles. The summed E-state index contributed by atoms with van der Waals surface area (Å²) in [5.41, 5.74) is 1.36. The van der Waals surface area contributed by atoms with E-state index in [-0.39, 0.29) is 11.5 Å². The van der Waals surface area contributed by atoms with Crippen molar-refractivity contribution in [2.45, 2.75) is 46.6 Å². The monoisotopic (exact) mass is 212 g/mol. The molecule has 1 nitrogen and oxygen atoms in total. The number of rotatable bonds is 3. The molecule has 2 heteroatoms. The van der Waals surface area contributed by atoms with Gasteiger partial charge in [-0.1, -0.05) is 20.8 Å². The van der Waals surface area contributed by atoms with E-state index in [1.165, 1.54) is 10.4 Å². The molecular formula is C12H20OS. The van der Waals surface area contributed by atoms with Gasteiger partial charge in [0, 0.05) is 4.88 Å². The van der Waals surface area contributed by atoms with Gasteiger partial charge in [-0.05, 0) is 42.2 Å². The van der Waals surface area contributed by atoms with Crippen LogP contribution in [0.4, 0.5) is 0 Å². The van der Waals surface area contributed by atoms with Gasteiger partial charge in [-0.25, -0.2) is 0 Å². The molecule has 0 saturated carbocycles. The molecule has 80 valence electrons. The van der Waals surface area contributed by atoms with E-state index in [0.29, 0.717) is 0 Å². The first-order valence-electron chi connectivity index (χ1n) is 5.11. The molecule has 0 amide bonds. The van der Waals surface area contributed by atoms with Gasteiger partial charge in [0.1, 0.15) is 0 Å². The van der Waals surface area contributed by atoms with Crippen molar-refractivity contribution < 1.29 is 5.11 Å². The van der Waals surface area contributed by atoms with Crippen LogP contribution in [0, 0.1) is 12.3 Å². The second kappa shape index (κ2) is 4.45. The van der Waals surface area contributed by atoms with Crippen LogP contribution < -0.4 is 0 Å². The van der Waals surface area contributed by atoms with E-state index in [4.69, 9.17) is 0 Å². The maximum Gasteiger partial charge on any atom is 0.0591 e. The molecule has 14 heavy (non-hydrogen) atoms. The Morgan fingerprint density at radius 3 is 2.50 bits per heavy atom. The molecule has 0 radical (unpaired) electrons. The van der Waals surface area contributed by atoms with E-state index in [0.717, 1.165) is 12.8 Å². The molecule has 0 aromatic carbocycles. The van der Waals surface area contributed by atoms with Gasteiger partial charge in [0.05, 0.1) is 6.10 Å². The van der Waals surface area contributed by atoms with Crippen LogP contribution in [0.25, 0.3) is 0 Å². The van der Waals surface area contributed by atoms with Gasteiger partial charge >= 0.3 is 0 Å². The molecular weight excluding hydrogens is 192 g/mol. The van der Waals surface area contributed by atoms with Gasteiger partial charge in [-0.15, -0.1) is 11.3 Å². The molecule has 1 heterocycles. The van der Waals surface area contributed by atoms with Crippen molar-refractivity contribution in [3.05, 3.63) is 21.9 Å². The molecule has 0 aliphatic heterocycles. The minimum absolute atomic E-state index is 0.00503. The topological polar surface area (TPSA) is 20.2 Å². The van der Waals surface area contributed by atoms with Crippen LogP contribution in [0.3, 0.4) is 0 Å². The first kappa shape index (κ1) is 11.7. The van der Waals surface area contributed by atoms with Gasteiger partial charge in [-0.2, -0.15) is 0 Å². The minimum Gasteiger partial charge on any atom is -0.393 e. The molecule has 1 unspecified atom stereocenters. The summed E-state index contributed by atoms with van der Waals surface area (Å²) >= 11 is 1.78. The van der Waals surface area contributed by atoms with Crippen molar-refractivity contribution in [3.63, 3.8) is 0 Å². The largest absolute Gasteiger partial charge is 0.393 e. The van der Waals surface area contributed by atoms with Crippen molar-refractivity contribution in [1.29, 1.82) is 0 Å². The average molecular weight is 212 g/mol. The minimum atomic E-state index is -0.206. The zero-order valence-electron chi connectivity index (χ0n) is 9.50. The number of aliphatic hydroxyl groups is 1. The number of hydrogen-bond donors (Lipinski definition) is 1. The van der Waals surface area contributed by atoms with Gasteiger partial charge in [0.25, 0.3) is 0 Å². The fraction of sp³-hybridized carbons (Fsp3) is 0.667. The third-order valence-corrected chi connectivity index (χ3v) is 3.40. The highest BCUT2D eigenvalue weighted by Gasteiger charge is 2.21.